The van der Waals surface area contributed by atoms with Crippen molar-refractivity contribution in [2.45, 2.75) is 10.9 Å². The summed E-state index contributed by atoms with van der Waals surface area (Å²) in [5.41, 5.74) is 0.195. The normalized spacial score (nSPS) is 11.4. The van der Waals surface area contributed by atoms with E-state index in [0.717, 1.165) is 28.5 Å². The molecule has 0 saturated carbocycles. The van der Waals surface area contributed by atoms with Crippen LogP contribution in [-0.4, -0.2) is 19.5 Å². The Labute approximate surface area is 181 Å². The molecule has 0 amide bonds. The van der Waals surface area contributed by atoms with E-state index in [0.29, 0.717) is 26.9 Å². The molecule has 3 aromatic heterocycles. The van der Waals surface area contributed by atoms with Gasteiger partial charge in [0.25, 0.3) is 11.1 Å². The molecule has 31 heavy (non-hydrogen) atoms. The SMILES string of the molecule is O=c1[nH]c(CSc2nc3ccccc3c(=O)n2-c2ccc(F)cc2F)nc2ccsc12. The van der Waals surface area contributed by atoms with Crippen molar-refractivity contribution in [2.75, 3.05) is 0 Å². The highest BCUT2D eigenvalue weighted by Gasteiger charge is 2.17. The maximum Gasteiger partial charge on any atom is 0.268 e. The monoisotopic (exact) mass is 454 g/mol. The molecule has 2 aromatic carbocycles. The number of thiophene rings is 1. The van der Waals surface area contributed by atoms with E-state index in [9.17, 15) is 18.4 Å². The lowest BCUT2D eigenvalue weighted by atomic mass is 10.2. The third kappa shape index (κ3) is 3.53. The molecule has 3 heterocycles. The average molecular weight is 454 g/mol. The molecule has 5 aromatic rings. The van der Waals surface area contributed by atoms with E-state index in [4.69, 9.17) is 0 Å². The summed E-state index contributed by atoms with van der Waals surface area (Å²) in [6.07, 6.45) is 0. The number of aromatic amines is 1. The molecule has 0 atom stereocenters. The van der Waals surface area contributed by atoms with Crippen LogP contribution in [0.2, 0.25) is 0 Å². The molecule has 10 heteroatoms. The summed E-state index contributed by atoms with van der Waals surface area (Å²) in [7, 11) is 0. The number of thioether (sulfide) groups is 1. The molecule has 5 rings (SSSR count). The molecule has 6 nitrogen and oxygen atoms in total. The van der Waals surface area contributed by atoms with Crippen molar-refractivity contribution in [3.63, 3.8) is 0 Å². The smallest absolute Gasteiger partial charge is 0.268 e. The van der Waals surface area contributed by atoms with Crippen molar-refractivity contribution >= 4 is 44.2 Å². The van der Waals surface area contributed by atoms with Crippen LogP contribution in [0.3, 0.4) is 0 Å². The second-order valence-corrected chi connectivity index (χ2v) is 8.44. The number of hydrogen-bond acceptors (Lipinski definition) is 6. The van der Waals surface area contributed by atoms with Crippen LogP contribution in [0.4, 0.5) is 8.78 Å². The first-order valence-electron chi connectivity index (χ1n) is 9.08. The first-order chi connectivity index (χ1) is 15.0. The third-order valence-corrected chi connectivity index (χ3v) is 6.45. The number of para-hydroxylation sites is 1. The molecule has 0 fully saturated rings. The minimum atomic E-state index is -0.882. The zero-order chi connectivity index (χ0) is 21.5. The van der Waals surface area contributed by atoms with Gasteiger partial charge >= 0.3 is 0 Å². The topological polar surface area (TPSA) is 80.6 Å². The zero-order valence-corrected chi connectivity index (χ0v) is 17.3. The minimum absolute atomic E-state index is 0.109. The van der Waals surface area contributed by atoms with E-state index in [1.165, 1.54) is 17.4 Å². The van der Waals surface area contributed by atoms with E-state index in [1.54, 1.807) is 35.7 Å². The molecule has 0 unspecified atom stereocenters. The van der Waals surface area contributed by atoms with Crippen LogP contribution >= 0.6 is 23.1 Å². The second kappa shape index (κ2) is 7.71. The zero-order valence-electron chi connectivity index (χ0n) is 15.6. The quantitative estimate of drug-likeness (QED) is 0.324. The first kappa shape index (κ1) is 19.6. The van der Waals surface area contributed by atoms with E-state index in [2.05, 4.69) is 15.0 Å². The van der Waals surface area contributed by atoms with Crippen molar-refractivity contribution in [1.82, 2.24) is 19.5 Å². The number of hydrogen-bond donors (Lipinski definition) is 1. The van der Waals surface area contributed by atoms with Gasteiger partial charge in [0.2, 0.25) is 0 Å². The summed E-state index contributed by atoms with van der Waals surface area (Å²) in [6.45, 7) is 0. The van der Waals surface area contributed by atoms with E-state index in [1.807, 2.05) is 0 Å². The molecule has 0 spiro atoms. The van der Waals surface area contributed by atoms with Gasteiger partial charge in [0.05, 0.1) is 27.9 Å². The fourth-order valence-electron chi connectivity index (χ4n) is 3.21. The fourth-order valence-corrected chi connectivity index (χ4v) is 4.81. The molecule has 0 bridgehead atoms. The summed E-state index contributed by atoms with van der Waals surface area (Å²) in [6, 6.07) is 11.5. The van der Waals surface area contributed by atoms with Gasteiger partial charge in [-0.1, -0.05) is 23.9 Å². The Kier molecular flexibility index (Phi) is 4.87. The number of nitrogens with zero attached hydrogens (tertiary/aromatic N) is 3. The molecule has 0 aliphatic carbocycles. The van der Waals surface area contributed by atoms with E-state index >= 15 is 0 Å². The number of benzene rings is 2. The predicted molar refractivity (Wildman–Crippen MR) is 117 cm³/mol. The van der Waals surface area contributed by atoms with Gasteiger partial charge in [-0.2, -0.15) is 0 Å². The average Bonchev–Trinajstić information content (AvgIpc) is 3.23. The van der Waals surface area contributed by atoms with Crippen molar-refractivity contribution in [3.8, 4) is 5.69 Å². The van der Waals surface area contributed by atoms with E-state index < -0.39 is 17.2 Å². The van der Waals surface area contributed by atoms with Gasteiger partial charge < -0.3 is 4.98 Å². The number of halogens is 2. The van der Waals surface area contributed by atoms with Crippen LogP contribution in [0.15, 0.2) is 68.7 Å². The van der Waals surface area contributed by atoms with Crippen LogP contribution in [0.1, 0.15) is 5.82 Å². The van der Waals surface area contributed by atoms with E-state index in [-0.39, 0.29) is 22.2 Å². The summed E-state index contributed by atoms with van der Waals surface area (Å²) in [4.78, 5) is 37.0. The molecule has 1 N–H and O–H groups in total. The highest BCUT2D eigenvalue weighted by molar-refractivity contribution is 7.98. The summed E-state index contributed by atoms with van der Waals surface area (Å²) in [5.74, 6) is -1.04. The van der Waals surface area contributed by atoms with Crippen molar-refractivity contribution in [3.05, 3.63) is 92.1 Å². The second-order valence-electron chi connectivity index (χ2n) is 6.58. The Morgan fingerprint density at radius 2 is 1.87 bits per heavy atom. The number of nitrogens with one attached hydrogen (secondary N) is 1. The van der Waals surface area contributed by atoms with Gasteiger partial charge in [-0.15, -0.1) is 11.3 Å². The number of fused-ring (bicyclic) bond motifs is 2. The molecule has 0 saturated heterocycles. The van der Waals surface area contributed by atoms with Crippen LogP contribution in [0.5, 0.6) is 0 Å². The standard InChI is InChI=1S/C21H12F2N4O2S2/c22-11-5-6-16(13(23)9-11)27-20(29)12-3-1-2-4-14(12)25-21(27)31-10-17-24-15-7-8-30-18(15)19(28)26-17/h1-9H,10H2,(H,24,26,28). The Morgan fingerprint density at radius 1 is 1.03 bits per heavy atom. The molecule has 0 radical (unpaired) electrons. The summed E-state index contributed by atoms with van der Waals surface area (Å²) < 4.78 is 29.6. The molecule has 154 valence electrons. The van der Waals surface area contributed by atoms with Crippen molar-refractivity contribution < 1.29 is 8.78 Å². The molecule has 0 aliphatic rings. The minimum Gasteiger partial charge on any atom is -0.309 e. The summed E-state index contributed by atoms with van der Waals surface area (Å²) in [5, 5.41) is 2.29. The number of aromatic nitrogens is 4. The molecular weight excluding hydrogens is 442 g/mol. The lowest BCUT2D eigenvalue weighted by Gasteiger charge is -2.13. The Balaban J connectivity index is 1.64. The lowest BCUT2D eigenvalue weighted by Crippen LogP contribution is -2.23. The van der Waals surface area contributed by atoms with Gasteiger partial charge in [0.1, 0.15) is 22.2 Å². The van der Waals surface area contributed by atoms with Crippen LogP contribution in [-0.2, 0) is 5.75 Å². The Hall–Kier alpha value is -3.37. The van der Waals surface area contributed by atoms with Gasteiger partial charge in [0.15, 0.2) is 5.16 Å². The van der Waals surface area contributed by atoms with Gasteiger partial charge in [-0.05, 0) is 35.7 Å². The number of H-pyrrole nitrogens is 1. The largest absolute Gasteiger partial charge is 0.309 e. The van der Waals surface area contributed by atoms with Crippen molar-refractivity contribution in [2.24, 2.45) is 0 Å². The maximum atomic E-state index is 14.6. The number of rotatable bonds is 4. The van der Waals surface area contributed by atoms with Gasteiger partial charge in [-0.3, -0.25) is 14.2 Å². The highest BCUT2D eigenvalue weighted by atomic mass is 32.2. The highest BCUT2D eigenvalue weighted by Crippen LogP contribution is 2.25. The predicted octanol–water partition coefficient (Wildman–Crippen LogP) is 4.25. The third-order valence-electron chi connectivity index (χ3n) is 4.60. The first-order valence-corrected chi connectivity index (χ1v) is 10.9. The maximum absolute atomic E-state index is 14.6. The Bertz CT molecular complexity index is 1580. The van der Waals surface area contributed by atoms with Gasteiger partial charge in [-0.25, -0.2) is 18.7 Å². The summed E-state index contributed by atoms with van der Waals surface area (Å²) >= 11 is 2.42. The van der Waals surface area contributed by atoms with Crippen molar-refractivity contribution in [1.29, 1.82) is 0 Å². The molecular formula is C21H12F2N4O2S2. The fraction of sp³-hybridized carbons (Fsp3) is 0.0476. The Morgan fingerprint density at radius 3 is 2.71 bits per heavy atom. The van der Waals surface area contributed by atoms with Crippen LogP contribution in [0.25, 0.3) is 26.8 Å². The van der Waals surface area contributed by atoms with Crippen LogP contribution in [0, 0.1) is 11.6 Å². The lowest BCUT2D eigenvalue weighted by molar-refractivity contribution is 0.572. The van der Waals surface area contributed by atoms with Gasteiger partial charge in [0, 0.05) is 6.07 Å². The molecule has 0 aliphatic heterocycles. The van der Waals surface area contributed by atoms with Crippen LogP contribution < -0.4 is 11.1 Å².